The highest BCUT2D eigenvalue weighted by Gasteiger charge is 2.42. The number of alkyl halides is 6. The van der Waals surface area contributed by atoms with Gasteiger partial charge in [-0.15, -0.1) is 0 Å². The van der Waals surface area contributed by atoms with Crippen LogP contribution in [0, 0.1) is 0 Å². The van der Waals surface area contributed by atoms with E-state index in [4.69, 9.17) is 0 Å². The number of para-hydroxylation sites is 2. The van der Waals surface area contributed by atoms with Crippen molar-refractivity contribution in [3.8, 4) is 39.1 Å². The summed E-state index contributed by atoms with van der Waals surface area (Å²) in [4.78, 5) is 16.0. The van der Waals surface area contributed by atoms with Crippen molar-refractivity contribution in [1.82, 2.24) is 4.57 Å². The maximum atomic E-state index is 14.6. The van der Waals surface area contributed by atoms with Gasteiger partial charge in [0, 0.05) is 33.0 Å². The minimum absolute atomic E-state index is 0.0760. The van der Waals surface area contributed by atoms with E-state index in [0.29, 0.717) is 44.8 Å². The summed E-state index contributed by atoms with van der Waals surface area (Å²) in [5.41, 5.74) is 2.86. The monoisotopic (exact) mass is 754 g/mol. The molecule has 9 rings (SSSR count). The Labute approximate surface area is 316 Å². The quantitative estimate of drug-likeness (QED) is 0.178. The van der Waals surface area contributed by atoms with Crippen molar-refractivity contribution in [2.24, 2.45) is 0 Å². The van der Waals surface area contributed by atoms with Gasteiger partial charge in [-0.2, -0.15) is 26.3 Å². The summed E-state index contributed by atoms with van der Waals surface area (Å²) < 4.78 is 85.1. The Balaban J connectivity index is 1.24. The van der Waals surface area contributed by atoms with E-state index < -0.39 is 41.2 Å². The molecule has 1 amide bonds. The summed E-state index contributed by atoms with van der Waals surface area (Å²) in [5.74, 6) is -0.417. The number of rotatable bonds is 5. The fourth-order valence-corrected chi connectivity index (χ4v) is 7.91. The average Bonchev–Trinajstić information content (AvgIpc) is 3.67. The highest BCUT2D eigenvalue weighted by atomic mass is 19.4. The van der Waals surface area contributed by atoms with Crippen molar-refractivity contribution in [3.05, 3.63) is 180 Å². The van der Waals surface area contributed by atoms with Gasteiger partial charge >= 0.3 is 12.4 Å². The summed E-state index contributed by atoms with van der Waals surface area (Å²) in [6.07, 6.45) is -11.5. The van der Waals surface area contributed by atoms with Crippen LogP contribution < -0.4 is 4.90 Å². The third-order valence-electron chi connectivity index (χ3n) is 10.4. The molecule has 56 heavy (non-hydrogen) atoms. The van der Waals surface area contributed by atoms with Gasteiger partial charge in [0.15, 0.2) is 6.23 Å². The molecule has 0 aliphatic carbocycles. The van der Waals surface area contributed by atoms with Crippen molar-refractivity contribution in [2.45, 2.75) is 18.6 Å². The lowest BCUT2D eigenvalue weighted by molar-refractivity contribution is -0.142. The number of hydrogen-bond acceptors (Lipinski definition) is 2. The molecule has 0 radical (unpaired) electrons. The summed E-state index contributed by atoms with van der Waals surface area (Å²) in [5, 5.41) is 13.6. The maximum absolute atomic E-state index is 14.6. The molecule has 7 aromatic carbocycles. The van der Waals surface area contributed by atoms with Gasteiger partial charge in [0.2, 0.25) is 0 Å². The average molecular weight is 755 g/mol. The maximum Gasteiger partial charge on any atom is 0.417 e. The van der Waals surface area contributed by atoms with Gasteiger partial charge in [-0.1, -0.05) is 115 Å². The second kappa shape index (κ2) is 13.0. The van der Waals surface area contributed by atoms with Crippen LogP contribution in [0.3, 0.4) is 0 Å². The number of aliphatic hydroxyl groups is 1. The van der Waals surface area contributed by atoms with Crippen molar-refractivity contribution in [1.29, 1.82) is 0 Å². The molecular formula is C46H28F6N2O2. The Bertz CT molecular complexity index is 2770. The Hall–Kier alpha value is -6.65. The molecule has 0 spiro atoms. The number of anilines is 1. The minimum Gasteiger partial charge on any atom is -0.369 e. The van der Waals surface area contributed by atoms with E-state index in [2.05, 4.69) is 0 Å². The van der Waals surface area contributed by atoms with Crippen LogP contribution in [0.4, 0.5) is 32.0 Å². The molecule has 276 valence electrons. The van der Waals surface area contributed by atoms with Gasteiger partial charge < -0.3 is 9.67 Å². The number of fused-ring (bicyclic) bond motifs is 4. The molecule has 0 bridgehead atoms. The van der Waals surface area contributed by atoms with Crippen LogP contribution in [-0.4, -0.2) is 15.6 Å². The molecule has 10 heteroatoms. The number of nitrogens with zero attached hydrogens (tertiary/aromatic N) is 2. The number of aromatic nitrogens is 1. The zero-order valence-electron chi connectivity index (χ0n) is 29.1. The predicted molar refractivity (Wildman–Crippen MR) is 205 cm³/mol. The van der Waals surface area contributed by atoms with Crippen molar-refractivity contribution in [2.75, 3.05) is 4.90 Å². The van der Waals surface area contributed by atoms with Gasteiger partial charge in [0.25, 0.3) is 5.91 Å². The van der Waals surface area contributed by atoms with Crippen LogP contribution >= 0.6 is 0 Å². The fraction of sp³-hybridized carbons (Fsp3) is 0.0652. The lowest BCUT2D eigenvalue weighted by Gasteiger charge is -2.27. The van der Waals surface area contributed by atoms with E-state index in [1.807, 2.05) is 89.5 Å². The van der Waals surface area contributed by atoms with E-state index in [0.717, 1.165) is 28.3 Å². The van der Waals surface area contributed by atoms with Gasteiger partial charge in [-0.25, -0.2) is 0 Å². The zero-order chi connectivity index (χ0) is 38.9. The van der Waals surface area contributed by atoms with Gasteiger partial charge in [0.05, 0.1) is 33.5 Å². The second-order valence-corrected chi connectivity index (χ2v) is 13.6. The minimum atomic E-state index is -5.06. The highest BCUT2D eigenvalue weighted by Crippen LogP contribution is 2.49. The number of carbonyl (C=O) groups is 1. The summed E-state index contributed by atoms with van der Waals surface area (Å²) >= 11 is 0. The third-order valence-corrected chi connectivity index (χ3v) is 10.4. The molecule has 2 heterocycles. The van der Waals surface area contributed by atoms with Crippen molar-refractivity contribution in [3.63, 3.8) is 0 Å². The molecule has 0 saturated carbocycles. The SMILES string of the molecule is O=C1c2cccc(-n3c4ccccc4c4cc(-c5ccc(C(F)(F)F)cc5C(F)(F)F)ccc43)c2C(O)N1c1c(-c2ccccc2)cccc1-c1ccccc1. The Morgan fingerprint density at radius 3 is 1.73 bits per heavy atom. The number of carbonyl (C=O) groups excluding carboxylic acids is 1. The first-order valence-corrected chi connectivity index (χ1v) is 17.6. The van der Waals surface area contributed by atoms with Crippen molar-refractivity contribution < 1.29 is 36.2 Å². The van der Waals surface area contributed by atoms with E-state index >= 15 is 0 Å². The highest BCUT2D eigenvalue weighted by molar-refractivity contribution is 6.16. The molecule has 1 atom stereocenters. The molecule has 0 saturated heterocycles. The van der Waals surface area contributed by atoms with Crippen LogP contribution in [-0.2, 0) is 12.4 Å². The normalized spacial score (nSPS) is 14.5. The van der Waals surface area contributed by atoms with Crippen molar-refractivity contribution >= 4 is 33.4 Å². The van der Waals surface area contributed by atoms with E-state index in [9.17, 15) is 36.2 Å². The lowest BCUT2D eigenvalue weighted by atomic mass is 9.95. The van der Waals surface area contributed by atoms with Gasteiger partial charge in [0.1, 0.15) is 0 Å². The summed E-state index contributed by atoms with van der Waals surface area (Å²) in [6, 6.07) is 43.5. The third kappa shape index (κ3) is 5.64. The first kappa shape index (κ1) is 35.1. The molecule has 1 aliphatic rings. The first-order chi connectivity index (χ1) is 26.9. The van der Waals surface area contributed by atoms with E-state index in [1.54, 1.807) is 42.5 Å². The van der Waals surface area contributed by atoms with Gasteiger partial charge in [-0.3, -0.25) is 9.69 Å². The molecular weight excluding hydrogens is 727 g/mol. The largest absolute Gasteiger partial charge is 0.417 e. The molecule has 8 aromatic rings. The topological polar surface area (TPSA) is 45.5 Å². The molecule has 4 nitrogen and oxygen atoms in total. The number of halogens is 6. The molecule has 1 unspecified atom stereocenters. The smallest absolute Gasteiger partial charge is 0.369 e. The van der Waals surface area contributed by atoms with E-state index in [1.165, 1.54) is 17.0 Å². The zero-order valence-corrected chi connectivity index (χ0v) is 29.1. The second-order valence-electron chi connectivity index (χ2n) is 13.6. The fourth-order valence-electron chi connectivity index (χ4n) is 7.91. The standard InChI is InChI=1S/C46H28F6N2O2/c47-45(48,49)30-22-23-31(37(26-30)46(50,51)52)29-21-24-39-36(25-29)34-15-7-8-19-38(34)53(39)40-20-10-18-35-41(40)44(56)54(43(35)55)42-32(27-11-3-1-4-12-27)16-9-17-33(42)28-13-5-2-6-14-28/h1-26,44,56H. The molecule has 0 fully saturated rings. The first-order valence-electron chi connectivity index (χ1n) is 17.6. The molecule has 1 aromatic heterocycles. The number of amides is 1. The van der Waals surface area contributed by atoms with Crippen LogP contribution in [0.15, 0.2) is 158 Å². The van der Waals surface area contributed by atoms with Crippen LogP contribution in [0.5, 0.6) is 0 Å². The van der Waals surface area contributed by atoms with Gasteiger partial charge in [-0.05, 0) is 64.7 Å². The Morgan fingerprint density at radius 2 is 1.09 bits per heavy atom. The van der Waals surface area contributed by atoms with Crippen LogP contribution in [0.1, 0.15) is 33.3 Å². The predicted octanol–water partition coefficient (Wildman–Crippen LogP) is 12.5. The summed E-state index contributed by atoms with van der Waals surface area (Å²) in [6.45, 7) is 0. The van der Waals surface area contributed by atoms with E-state index in [-0.39, 0.29) is 17.2 Å². The summed E-state index contributed by atoms with van der Waals surface area (Å²) in [7, 11) is 0. The lowest BCUT2D eigenvalue weighted by Crippen LogP contribution is -2.29. The number of hydrogen-bond donors (Lipinski definition) is 1. The Morgan fingerprint density at radius 1 is 0.500 bits per heavy atom. The molecule has 1 aliphatic heterocycles. The Kier molecular flexibility index (Phi) is 8.14. The van der Waals surface area contributed by atoms with Crippen LogP contribution in [0.2, 0.25) is 0 Å². The van der Waals surface area contributed by atoms with Crippen LogP contribution in [0.25, 0.3) is 60.9 Å². The number of benzene rings is 7. The number of aliphatic hydroxyl groups excluding tert-OH is 1. The molecule has 1 N–H and O–H groups in total.